The van der Waals surface area contributed by atoms with Crippen LogP contribution in [0.4, 0.5) is 11.8 Å². The molecule has 0 bridgehead atoms. The summed E-state index contributed by atoms with van der Waals surface area (Å²) in [6.45, 7) is 9.12. The molecule has 0 aliphatic heterocycles. The molecule has 5 nitrogen and oxygen atoms in total. The van der Waals surface area contributed by atoms with Crippen LogP contribution in [0.15, 0.2) is 6.20 Å². The number of nitrogens with zero attached hydrogens (tertiary/aromatic N) is 2. The number of rotatable bonds is 9. The normalized spacial score (nSPS) is 11.5. The van der Waals surface area contributed by atoms with Gasteiger partial charge in [0, 0.05) is 31.5 Å². The highest BCUT2D eigenvalue weighted by molar-refractivity contribution is 5.46. The fraction of sp³-hybridized carbons (Fsp3) is 0.750. The van der Waals surface area contributed by atoms with Gasteiger partial charge in [0.15, 0.2) is 0 Å². The lowest BCUT2D eigenvalue weighted by atomic mass is 10.1. The van der Waals surface area contributed by atoms with E-state index in [-0.39, 0.29) is 0 Å². The van der Waals surface area contributed by atoms with Gasteiger partial charge in [-0.2, -0.15) is 4.98 Å². The van der Waals surface area contributed by atoms with Crippen LogP contribution in [0.2, 0.25) is 0 Å². The van der Waals surface area contributed by atoms with E-state index >= 15 is 0 Å². The molecule has 0 amide bonds. The van der Waals surface area contributed by atoms with Gasteiger partial charge in [0.25, 0.3) is 0 Å². The van der Waals surface area contributed by atoms with Crippen molar-refractivity contribution < 1.29 is 4.74 Å². The van der Waals surface area contributed by atoms with Gasteiger partial charge in [-0.1, -0.05) is 34.1 Å². The van der Waals surface area contributed by atoms with Crippen LogP contribution >= 0.6 is 0 Å². The highest BCUT2D eigenvalue weighted by atomic mass is 16.5. The maximum Gasteiger partial charge on any atom is 0.221 e. The van der Waals surface area contributed by atoms with Crippen molar-refractivity contribution in [3.05, 3.63) is 11.8 Å². The summed E-state index contributed by atoms with van der Waals surface area (Å²) in [6, 6.07) is 0.445. The molecule has 1 unspecified atom stereocenters. The molecule has 1 atom stereocenters. The van der Waals surface area contributed by atoms with Gasteiger partial charge in [-0.15, -0.1) is 0 Å². The number of nitrogens with two attached hydrogens (primary N) is 1. The van der Waals surface area contributed by atoms with E-state index < -0.39 is 0 Å². The summed E-state index contributed by atoms with van der Waals surface area (Å²) >= 11 is 0. The van der Waals surface area contributed by atoms with Crippen LogP contribution in [0.3, 0.4) is 0 Å². The predicted octanol–water partition coefficient (Wildman–Crippen LogP) is 3.65. The molecule has 1 aromatic rings. The zero-order valence-corrected chi connectivity index (χ0v) is 14.3. The van der Waals surface area contributed by atoms with Gasteiger partial charge in [-0.25, -0.2) is 4.98 Å². The minimum atomic E-state index is 0.323. The summed E-state index contributed by atoms with van der Waals surface area (Å²) in [5.74, 6) is 1.20. The molecule has 1 heterocycles. The highest BCUT2D eigenvalue weighted by Gasteiger charge is 2.10. The smallest absolute Gasteiger partial charge is 0.221 e. The van der Waals surface area contributed by atoms with E-state index in [2.05, 4.69) is 29.1 Å². The maximum atomic E-state index is 5.69. The minimum Gasteiger partial charge on any atom is -0.385 e. The van der Waals surface area contributed by atoms with E-state index in [9.17, 15) is 0 Å². The highest BCUT2D eigenvalue weighted by Crippen LogP contribution is 2.18. The first-order valence-electron chi connectivity index (χ1n) is 8.08. The Morgan fingerprint density at radius 3 is 2.62 bits per heavy atom. The molecule has 0 aliphatic rings. The van der Waals surface area contributed by atoms with Gasteiger partial charge in [0.05, 0.1) is 0 Å². The quantitative estimate of drug-likeness (QED) is 0.680. The molecule has 0 saturated carbocycles. The molecule has 21 heavy (non-hydrogen) atoms. The Bertz CT molecular complexity index is 371. The van der Waals surface area contributed by atoms with Crippen LogP contribution in [0.25, 0.3) is 0 Å². The summed E-state index contributed by atoms with van der Waals surface area (Å²) in [5, 5.41) is 3.49. The second-order valence-electron chi connectivity index (χ2n) is 4.74. The fourth-order valence-corrected chi connectivity index (χ4v) is 2.06. The van der Waals surface area contributed by atoms with Crippen molar-refractivity contribution in [1.29, 1.82) is 0 Å². The summed E-state index contributed by atoms with van der Waals surface area (Å²) in [7, 11) is 1.72. The summed E-state index contributed by atoms with van der Waals surface area (Å²) < 4.78 is 5.08. The Balaban J connectivity index is 0.00000191. The first-order valence-corrected chi connectivity index (χ1v) is 8.08. The lowest BCUT2D eigenvalue weighted by Crippen LogP contribution is -2.20. The van der Waals surface area contributed by atoms with E-state index in [1.54, 1.807) is 7.11 Å². The van der Waals surface area contributed by atoms with Crippen molar-refractivity contribution in [2.45, 2.75) is 65.8 Å². The second-order valence-corrected chi connectivity index (χ2v) is 4.74. The summed E-state index contributed by atoms with van der Waals surface area (Å²) in [6.07, 6.45) is 7.05. The molecule has 0 spiro atoms. The molecule has 5 heteroatoms. The first-order chi connectivity index (χ1) is 10.2. The van der Waals surface area contributed by atoms with Crippen LogP contribution < -0.4 is 11.1 Å². The fourth-order valence-electron chi connectivity index (χ4n) is 2.06. The third kappa shape index (κ3) is 7.85. The zero-order chi connectivity index (χ0) is 16.1. The maximum absolute atomic E-state index is 5.69. The van der Waals surface area contributed by atoms with Gasteiger partial charge in [-0.3, -0.25) is 0 Å². The number of aromatic nitrogens is 2. The monoisotopic (exact) mass is 296 g/mol. The van der Waals surface area contributed by atoms with Crippen molar-refractivity contribution in [3.63, 3.8) is 0 Å². The first kappa shape index (κ1) is 19.6. The summed E-state index contributed by atoms with van der Waals surface area (Å²) in [5.41, 5.74) is 6.80. The average molecular weight is 296 g/mol. The zero-order valence-electron chi connectivity index (χ0n) is 14.3. The standard InChI is InChI=1S/C14H26N4O.C2H6/c1-4-7-12(5-2)17-13-11(8-6-9-19-3)10-16-14(15)18-13;1-2/h10,12H,4-9H2,1-3H3,(H3,15,16,17,18);1-2H3. The van der Waals surface area contributed by atoms with Crippen LogP contribution in [0.1, 0.15) is 58.9 Å². The Kier molecular flexibility index (Phi) is 11.6. The third-order valence-electron chi connectivity index (χ3n) is 3.15. The lowest BCUT2D eigenvalue weighted by Gasteiger charge is -2.19. The Morgan fingerprint density at radius 2 is 2.05 bits per heavy atom. The SMILES string of the molecule is CC.CCCC(CC)Nc1nc(N)ncc1CCCOC. The van der Waals surface area contributed by atoms with Gasteiger partial charge in [-0.05, 0) is 25.7 Å². The van der Waals surface area contributed by atoms with E-state index in [1.165, 1.54) is 0 Å². The van der Waals surface area contributed by atoms with E-state index in [1.807, 2.05) is 20.0 Å². The number of hydrogen-bond donors (Lipinski definition) is 2. The molecule has 0 saturated heterocycles. The topological polar surface area (TPSA) is 73.1 Å². The molecule has 0 fully saturated rings. The summed E-state index contributed by atoms with van der Waals surface area (Å²) in [4.78, 5) is 8.42. The van der Waals surface area contributed by atoms with Gasteiger partial charge >= 0.3 is 0 Å². The Hall–Kier alpha value is -1.36. The number of nitrogen functional groups attached to an aromatic ring is 1. The molecule has 0 aromatic carbocycles. The number of nitrogens with one attached hydrogen (secondary N) is 1. The van der Waals surface area contributed by atoms with E-state index in [4.69, 9.17) is 10.5 Å². The number of methoxy groups -OCH3 is 1. The van der Waals surface area contributed by atoms with Crippen molar-refractivity contribution in [1.82, 2.24) is 9.97 Å². The second kappa shape index (κ2) is 12.4. The third-order valence-corrected chi connectivity index (χ3v) is 3.15. The van der Waals surface area contributed by atoms with Crippen molar-refractivity contribution in [3.8, 4) is 0 Å². The molecular weight excluding hydrogens is 264 g/mol. The van der Waals surface area contributed by atoms with Crippen LogP contribution in [-0.4, -0.2) is 29.7 Å². The minimum absolute atomic E-state index is 0.323. The van der Waals surface area contributed by atoms with Crippen LogP contribution in [0.5, 0.6) is 0 Å². The average Bonchev–Trinajstić information content (AvgIpc) is 2.51. The number of aryl methyl sites for hydroxylation is 1. The van der Waals surface area contributed by atoms with Crippen LogP contribution in [0, 0.1) is 0 Å². The van der Waals surface area contributed by atoms with Crippen molar-refractivity contribution >= 4 is 11.8 Å². The molecule has 3 N–H and O–H groups in total. The molecule has 1 rings (SSSR count). The van der Waals surface area contributed by atoms with Crippen molar-refractivity contribution in [2.24, 2.45) is 0 Å². The molecule has 0 aliphatic carbocycles. The Labute approximate surface area is 129 Å². The molecule has 1 aromatic heterocycles. The number of hydrogen-bond acceptors (Lipinski definition) is 5. The largest absolute Gasteiger partial charge is 0.385 e. The molecule has 122 valence electrons. The number of anilines is 2. The van der Waals surface area contributed by atoms with E-state index in [0.717, 1.165) is 50.1 Å². The predicted molar refractivity (Wildman–Crippen MR) is 90.6 cm³/mol. The lowest BCUT2D eigenvalue weighted by molar-refractivity contribution is 0.195. The van der Waals surface area contributed by atoms with E-state index in [0.29, 0.717) is 12.0 Å². The van der Waals surface area contributed by atoms with Gasteiger partial charge in [0.1, 0.15) is 5.82 Å². The Morgan fingerprint density at radius 1 is 1.33 bits per heavy atom. The molecule has 0 radical (unpaired) electrons. The number of ether oxygens (including phenoxy) is 1. The van der Waals surface area contributed by atoms with Crippen LogP contribution in [-0.2, 0) is 11.2 Å². The van der Waals surface area contributed by atoms with Crippen molar-refractivity contribution in [2.75, 3.05) is 24.8 Å². The van der Waals surface area contributed by atoms with Gasteiger partial charge < -0.3 is 15.8 Å². The molecular formula is C16H32N4O. The van der Waals surface area contributed by atoms with Gasteiger partial charge in [0.2, 0.25) is 5.95 Å².